The zero-order valence-corrected chi connectivity index (χ0v) is 17.9. The molecule has 0 fully saturated rings. The van der Waals surface area contributed by atoms with Gasteiger partial charge in [-0.05, 0) is 42.3 Å². The van der Waals surface area contributed by atoms with Gasteiger partial charge < -0.3 is 10.1 Å². The molecule has 0 aliphatic carbocycles. The van der Waals surface area contributed by atoms with E-state index in [4.69, 9.17) is 11.6 Å². The van der Waals surface area contributed by atoms with E-state index in [0.717, 1.165) is 16.8 Å². The molecule has 4 rings (SSSR count). The highest BCUT2D eigenvalue weighted by atomic mass is 35.5. The smallest absolute Gasteiger partial charge is 0.387 e. The topological polar surface area (TPSA) is 53.9 Å². The zero-order valence-electron chi connectivity index (χ0n) is 17.1. The van der Waals surface area contributed by atoms with Crippen molar-refractivity contribution in [3.63, 3.8) is 0 Å². The number of amides is 2. The van der Waals surface area contributed by atoms with Crippen LogP contribution in [0.3, 0.4) is 0 Å². The molecule has 2 amide bonds. The summed E-state index contributed by atoms with van der Waals surface area (Å²) in [4.78, 5) is 13.0. The van der Waals surface area contributed by atoms with Crippen molar-refractivity contribution in [1.29, 1.82) is 0 Å². The monoisotopic (exact) mass is 455 g/mol. The van der Waals surface area contributed by atoms with Crippen LogP contribution in [0.4, 0.5) is 19.3 Å². The lowest BCUT2D eigenvalue weighted by atomic mass is 9.76. The Labute approximate surface area is 189 Å². The van der Waals surface area contributed by atoms with Crippen molar-refractivity contribution in [2.45, 2.75) is 19.0 Å². The molecule has 0 saturated heterocycles. The predicted molar refractivity (Wildman–Crippen MR) is 121 cm³/mol. The summed E-state index contributed by atoms with van der Waals surface area (Å²) in [6, 6.07) is 22.5. The second-order valence-electron chi connectivity index (χ2n) is 7.55. The van der Waals surface area contributed by atoms with Gasteiger partial charge in [-0.3, -0.25) is 0 Å². The molecule has 164 valence electrons. The lowest BCUT2D eigenvalue weighted by Gasteiger charge is -2.27. The number of hydrazone groups is 1. The summed E-state index contributed by atoms with van der Waals surface area (Å²) in [6.45, 7) is -0.619. The third-order valence-electron chi connectivity index (χ3n) is 5.28. The van der Waals surface area contributed by atoms with E-state index in [2.05, 4.69) is 15.2 Å². The van der Waals surface area contributed by atoms with Crippen LogP contribution in [-0.2, 0) is 5.41 Å². The summed E-state index contributed by atoms with van der Waals surface area (Å²) >= 11 is 6.05. The Kier molecular flexibility index (Phi) is 6.10. The molecule has 32 heavy (non-hydrogen) atoms. The van der Waals surface area contributed by atoms with Crippen molar-refractivity contribution < 1.29 is 18.3 Å². The van der Waals surface area contributed by atoms with Gasteiger partial charge in [0.2, 0.25) is 0 Å². The molecule has 0 bridgehead atoms. The van der Waals surface area contributed by atoms with Crippen LogP contribution in [0.1, 0.15) is 18.1 Å². The molecule has 0 radical (unpaired) electrons. The van der Waals surface area contributed by atoms with Crippen molar-refractivity contribution >= 4 is 29.0 Å². The fourth-order valence-electron chi connectivity index (χ4n) is 3.71. The molecule has 5 nitrogen and oxygen atoms in total. The number of urea groups is 1. The molecule has 0 saturated carbocycles. The number of anilines is 1. The standard InChI is InChI=1S/C24H20ClF2N3O2/c1-24(17-6-3-2-4-7-17)15-30(29-21(24)16-10-12-18(25)13-11-16)23(31)28-19-8-5-9-20(14-19)32-22(26)27/h2-14,22H,15H2,1H3,(H,28,31). The molecule has 3 aromatic carbocycles. The minimum Gasteiger partial charge on any atom is -0.435 e. The van der Waals surface area contributed by atoms with Crippen LogP contribution in [0.15, 0.2) is 84.0 Å². The summed E-state index contributed by atoms with van der Waals surface area (Å²) < 4.78 is 29.4. The Bertz CT molecular complexity index is 1140. The van der Waals surface area contributed by atoms with Gasteiger partial charge in [0.15, 0.2) is 0 Å². The van der Waals surface area contributed by atoms with Gasteiger partial charge in [-0.15, -0.1) is 0 Å². The van der Waals surface area contributed by atoms with Crippen molar-refractivity contribution in [1.82, 2.24) is 5.01 Å². The zero-order chi connectivity index (χ0) is 22.7. The molecular weight excluding hydrogens is 436 g/mol. The van der Waals surface area contributed by atoms with Gasteiger partial charge in [-0.25, -0.2) is 9.80 Å². The fourth-order valence-corrected chi connectivity index (χ4v) is 3.84. The lowest BCUT2D eigenvalue weighted by molar-refractivity contribution is -0.0498. The number of carbonyl (C=O) groups excluding carboxylic acids is 1. The maximum absolute atomic E-state index is 13.0. The summed E-state index contributed by atoms with van der Waals surface area (Å²) in [7, 11) is 0. The average Bonchev–Trinajstić information content (AvgIpc) is 3.14. The van der Waals surface area contributed by atoms with Crippen molar-refractivity contribution in [2.75, 3.05) is 11.9 Å². The first-order valence-corrected chi connectivity index (χ1v) is 10.3. The van der Waals surface area contributed by atoms with E-state index in [1.807, 2.05) is 49.4 Å². The number of alkyl halides is 2. The van der Waals surface area contributed by atoms with Gasteiger partial charge in [0.1, 0.15) is 5.75 Å². The number of nitrogens with one attached hydrogen (secondary N) is 1. The third kappa shape index (κ3) is 4.57. The fraction of sp³-hybridized carbons (Fsp3) is 0.167. The van der Waals surface area contributed by atoms with E-state index < -0.39 is 18.1 Å². The highest BCUT2D eigenvalue weighted by Gasteiger charge is 2.42. The second-order valence-corrected chi connectivity index (χ2v) is 7.98. The Hall–Kier alpha value is -3.45. The van der Waals surface area contributed by atoms with Gasteiger partial charge in [0, 0.05) is 16.8 Å². The molecule has 0 aromatic heterocycles. The molecule has 1 heterocycles. The molecule has 1 unspecified atom stereocenters. The van der Waals surface area contributed by atoms with E-state index in [1.165, 1.54) is 23.2 Å². The van der Waals surface area contributed by atoms with Gasteiger partial charge in [0.05, 0.1) is 17.7 Å². The van der Waals surface area contributed by atoms with Crippen LogP contribution in [0.25, 0.3) is 0 Å². The number of benzene rings is 3. The van der Waals surface area contributed by atoms with E-state index in [1.54, 1.807) is 18.2 Å². The van der Waals surface area contributed by atoms with E-state index >= 15 is 0 Å². The van der Waals surface area contributed by atoms with Gasteiger partial charge in [-0.2, -0.15) is 13.9 Å². The van der Waals surface area contributed by atoms with Crippen LogP contribution in [0, 0.1) is 0 Å². The Morgan fingerprint density at radius 2 is 1.81 bits per heavy atom. The van der Waals surface area contributed by atoms with Gasteiger partial charge in [-0.1, -0.05) is 60.1 Å². The highest BCUT2D eigenvalue weighted by molar-refractivity contribution is 6.30. The van der Waals surface area contributed by atoms with E-state index in [-0.39, 0.29) is 5.75 Å². The summed E-state index contributed by atoms with van der Waals surface area (Å²) in [5, 5.41) is 9.28. The first-order valence-electron chi connectivity index (χ1n) is 9.89. The minimum atomic E-state index is -2.95. The molecule has 1 aliphatic rings. The Balaban J connectivity index is 1.63. The number of ether oxygens (including phenoxy) is 1. The second kappa shape index (κ2) is 8.96. The highest BCUT2D eigenvalue weighted by Crippen LogP contribution is 2.35. The summed E-state index contributed by atoms with van der Waals surface area (Å²) in [5.41, 5.74) is 2.35. The summed E-state index contributed by atoms with van der Waals surface area (Å²) in [5.74, 6) is -0.0429. The van der Waals surface area contributed by atoms with Crippen LogP contribution >= 0.6 is 11.6 Å². The Morgan fingerprint density at radius 1 is 1.09 bits per heavy atom. The number of nitrogens with zero attached hydrogens (tertiary/aromatic N) is 2. The van der Waals surface area contributed by atoms with Crippen molar-refractivity contribution in [2.24, 2.45) is 5.10 Å². The molecule has 1 aliphatic heterocycles. The maximum Gasteiger partial charge on any atom is 0.387 e. The van der Waals surface area contributed by atoms with E-state index in [0.29, 0.717) is 17.3 Å². The SMILES string of the molecule is CC1(c2ccccc2)CN(C(=O)Nc2cccc(OC(F)F)c2)N=C1c1ccc(Cl)cc1. The first kappa shape index (κ1) is 21.8. The minimum absolute atomic E-state index is 0.0429. The molecule has 8 heteroatoms. The largest absolute Gasteiger partial charge is 0.435 e. The van der Waals surface area contributed by atoms with Crippen molar-refractivity contribution in [3.05, 3.63) is 95.0 Å². The number of carbonyl (C=O) groups is 1. The van der Waals surface area contributed by atoms with Crippen LogP contribution in [0.2, 0.25) is 5.02 Å². The Morgan fingerprint density at radius 3 is 2.50 bits per heavy atom. The van der Waals surface area contributed by atoms with Crippen LogP contribution in [0.5, 0.6) is 5.75 Å². The normalized spacial score (nSPS) is 17.9. The van der Waals surface area contributed by atoms with Crippen molar-refractivity contribution in [3.8, 4) is 5.75 Å². The average molecular weight is 456 g/mol. The lowest BCUT2D eigenvalue weighted by Crippen LogP contribution is -2.38. The molecule has 1 N–H and O–H groups in total. The number of halogens is 3. The van der Waals surface area contributed by atoms with Crippen LogP contribution in [-0.4, -0.2) is 29.9 Å². The first-order chi connectivity index (χ1) is 15.3. The van der Waals surface area contributed by atoms with Gasteiger partial charge >= 0.3 is 12.6 Å². The number of rotatable bonds is 5. The number of hydrogen-bond acceptors (Lipinski definition) is 3. The maximum atomic E-state index is 13.0. The summed E-state index contributed by atoms with van der Waals surface area (Å²) in [6.07, 6.45) is 0. The molecule has 3 aromatic rings. The molecule has 0 spiro atoms. The predicted octanol–water partition coefficient (Wildman–Crippen LogP) is 6.15. The number of hydrogen-bond donors (Lipinski definition) is 1. The van der Waals surface area contributed by atoms with E-state index in [9.17, 15) is 13.6 Å². The molecule has 1 atom stereocenters. The third-order valence-corrected chi connectivity index (χ3v) is 5.53. The quantitative estimate of drug-likeness (QED) is 0.501. The van der Waals surface area contributed by atoms with Gasteiger partial charge in [0.25, 0.3) is 0 Å². The van der Waals surface area contributed by atoms with Crippen LogP contribution < -0.4 is 10.1 Å². The molecular formula is C24H20ClF2N3O2.